The van der Waals surface area contributed by atoms with Crippen molar-refractivity contribution in [2.24, 2.45) is 0 Å². The molecular weight excluding hydrogens is 367 g/mol. The van der Waals surface area contributed by atoms with E-state index in [2.05, 4.69) is 24.0 Å². The molecule has 1 rings (SSSR count). The molecule has 0 heterocycles. The van der Waals surface area contributed by atoms with E-state index in [1.54, 1.807) is 24.3 Å². The van der Waals surface area contributed by atoms with Crippen molar-refractivity contribution in [2.75, 3.05) is 26.7 Å². The number of benzene rings is 1. The summed E-state index contributed by atoms with van der Waals surface area (Å²) in [4.78, 5) is 12.5. The number of hydrogen-bond donors (Lipinski definition) is 2. The summed E-state index contributed by atoms with van der Waals surface area (Å²) >= 11 is 0. The molecule has 0 aliphatic carbocycles. The third kappa shape index (κ3) is 12.7. The quantitative estimate of drug-likeness (QED) is 0.240. The maximum absolute atomic E-state index is 12.3. The first kappa shape index (κ1) is 25.4. The Bertz CT molecular complexity index is 525. The van der Waals surface area contributed by atoms with Crippen LogP contribution in [-0.2, 0) is 4.57 Å². The molecule has 1 atom stereocenters. The van der Waals surface area contributed by atoms with E-state index in [-0.39, 0.29) is 0 Å². The highest BCUT2D eigenvalue weighted by Crippen LogP contribution is 2.33. The highest BCUT2D eigenvalue weighted by Gasteiger charge is 2.19. The molecule has 0 saturated carbocycles. The van der Waals surface area contributed by atoms with Gasteiger partial charge < -0.3 is 9.79 Å². The van der Waals surface area contributed by atoms with E-state index in [1.807, 2.05) is 6.07 Å². The van der Waals surface area contributed by atoms with Gasteiger partial charge in [-0.1, -0.05) is 82.9 Å². The molecule has 28 heavy (non-hydrogen) atoms. The van der Waals surface area contributed by atoms with E-state index in [0.717, 1.165) is 25.9 Å². The minimum Gasteiger partial charge on any atom is -0.330 e. The van der Waals surface area contributed by atoms with Gasteiger partial charge in [-0.15, -0.1) is 0 Å². The van der Waals surface area contributed by atoms with E-state index < -0.39 is 7.52 Å². The first-order valence-electron chi connectivity index (χ1n) is 11.4. The summed E-state index contributed by atoms with van der Waals surface area (Å²) < 4.78 is 12.3. The van der Waals surface area contributed by atoms with E-state index in [4.69, 9.17) is 0 Å². The Labute approximate surface area is 173 Å². The molecule has 0 fully saturated rings. The number of hydrogen-bond acceptors (Lipinski definition) is 2. The summed E-state index contributed by atoms with van der Waals surface area (Å²) in [7, 11) is -1.23. The molecule has 0 aliphatic rings. The molecule has 0 amide bonds. The number of unbranched alkanes of at least 4 members (excludes halogenated alkanes) is 10. The van der Waals surface area contributed by atoms with Crippen molar-refractivity contribution in [1.82, 2.24) is 9.99 Å². The Morgan fingerprint density at radius 3 is 1.89 bits per heavy atom. The summed E-state index contributed by atoms with van der Waals surface area (Å²) in [6.07, 6.45) is 15.7. The lowest BCUT2D eigenvalue weighted by Gasteiger charge is -2.17. The van der Waals surface area contributed by atoms with Crippen molar-refractivity contribution in [3.63, 3.8) is 0 Å². The van der Waals surface area contributed by atoms with Crippen LogP contribution in [0.3, 0.4) is 0 Å². The monoisotopic (exact) mass is 410 g/mol. The zero-order chi connectivity index (χ0) is 20.5. The SMILES string of the molecule is CCCCCCCCCCCCN(C)CCCCNP(=O)(O)c1ccccc1. The van der Waals surface area contributed by atoms with Crippen molar-refractivity contribution in [2.45, 2.75) is 84.0 Å². The van der Waals surface area contributed by atoms with E-state index >= 15 is 0 Å². The first-order chi connectivity index (χ1) is 13.6. The predicted octanol–water partition coefficient (Wildman–Crippen LogP) is 5.72. The van der Waals surface area contributed by atoms with Gasteiger partial charge in [-0.2, -0.15) is 0 Å². The maximum atomic E-state index is 12.3. The molecule has 1 aromatic carbocycles. The summed E-state index contributed by atoms with van der Waals surface area (Å²) in [5.41, 5.74) is 0. The molecule has 2 N–H and O–H groups in total. The summed E-state index contributed by atoms with van der Waals surface area (Å²) in [5, 5.41) is 3.31. The summed E-state index contributed by atoms with van der Waals surface area (Å²) in [6.45, 7) is 5.06. The van der Waals surface area contributed by atoms with Gasteiger partial charge in [-0.25, -0.2) is 5.09 Å². The Morgan fingerprint density at radius 1 is 0.821 bits per heavy atom. The molecule has 1 unspecified atom stereocenters. The molecular formula is C23H43N2O2P. The van der Waals surface area contributed by atoms with Gasteiger partial charge in [0.05, 0.1) is 5.30 Å². The lowest BCUT2D eigenvalue weighted by atomic mass is 10.1. The van der Waals surface area contributed by atoms with Crippen molar-refractivity contribution >= 4 is 12.8 Å². The third-order valence-electron chi connectivity index (χ3n) is 5.29. The van der Waals surface area contributed by atoms with Gasteiger partial charge in [0.2, 0.25) is 0 Å². The maximum Gasteiger partial charge on any atom is 0.297 e. The van der Waals surface area contributed by atoms with Crippen LogP contribution in [0, 0.1) is 0 Å². The molecule has 0 aromatic heterocycles. The van der Waals surface area contributed by atoms with Crippen molar-refractivity contribution in [1.29, 1.82) is 0 Å². The highest BCUT2D eigenvalue weighted by molar-refractivity contribution is 7.64. The molecule has 0 radical (unpaired) electrons. The van der Waals surface area contributed by atoms with Gasteiger partial charge in [-0.3, -0.25) is 4.57 Å². The van der Waals surface area contributed by atoms with Crippen LogP contribution in [0.25, 0.3) is 0 Å². The van der Waals surface area contributed by atoms with Gasteiger partial charge in [0.15, 0.2) is 0 Å². The molecule has 4 nitrogen and oxygen atoms in total. The fraction of sp³-hybridized carbons (Fsp3) is 0.739. The minimum atomic E-state index is -3.41. The Hall–Kier alpha value is -0.670. The van der Waals surface area contributed by atoms with Crippen molar-refractivity contribution in [3.8, 4) is 0 Å². The predicted molar refractivity (Wildman–Crippen MR) is 122 cm³/mol. The Kier molecular flexibility index (Phi) is 14.6. The van der Waals surface area contributed by atoms with Crippen molar-refractivity contribution < 1.29 is 9.46 Å². The lowest BCUT2D eigenvalue weighted by Crippen LogP contribution is -2.23. The van der Waals surface area contributed by atoms with Gasteiger partial charge in [0.1, 0.15) is 0 Å². The van der Waals surface area contributed by atoms with E-state index in [9.17, 15) is 9.46 Å². The Balaban J connectivity index is 1.93. The van der Waals surface area contributed by atoms with E-state index in [0.29, 0.717) is 11.8 Å². The zero-order valence-corrected chi connectivity index (χ0v) is 19.1. The standard InChI is InChI=1S/C23H43N2O2P/c1-3-4-5-6-7-8-9-10-11-16-21-25(2)22-17-15-20-24-28(26,27)23-18-13-12-14-19-23/h12-14,18-19H,3-11,15-17,20-22H2,1-2H3,(H2,24,26,27). The molecule has 0 aliphatic heterocycles. The van der Waals surface area contributed by atoms with Crippen LogP contribution in [0.2, 0.25) is 0 Å². The van der Waals surface area contributed by atoms with Crippen LogP contribution in [0.5, 0.6) is 0 Å². The lowest BCUT2D eigenvalue weighted by molar-refractivity contribution is 0.316. The molecule has 0 saturated heterocycles. The molecule has 1 aromatic rings. The summed E-state index contributed by atoms with van der Waals surface area (Å²) in [6, 6.07) is 8.85. The van der Waals surface area contributed by atoms with Crippen LogP contribution >= 0.6 is 7.52 Å². The second-order valence-corrected chi connectivity index (χ2v) is 10.00. The topological polar surface area (TPSA) is 52.6 Å². The fourth-order valence-corrected chi connectivity index (χ4v) is 4.66. The molecule has 0 bridgehead atoms. The second-order valence-electron chi connectivity index (χ2n) is 8.01. The first-order valence-corrected chi connectivity index (χ1v) is 13.0. The van der Waals surface area contributed by atoms with Crippen LogP contribution in [0.15, 0.2) is 30.3 Å². The van der Waals surface area contributed by atoms with Gasteiger partial charge >= 0.3 is 0 Å². The van der Waals surface area contributed by atoms with Gasteiger partial charge in [0.25, 0.3) is 7.52 Å². The number of rotatable bonds is 18. The largest absolute Gasteiger partial charge is 0.330 e. The zero-order valence-electron chi connectivity index (χ0n) is 18.2. The van der Waals surface area contributed by atoms with Crippen LogP contribution in [0.4, 0.5) is 0 Å². The fourth-order valence-electron chi connectivity index (χ4n) is 3.44. The van der Waals surface area contributed by atoms with Crippen LogP contribution in [-0.4, -0.2) is 36.5 Å². The molecule has 5 heteroatoms. The van der Waals surface area contributed by atoms with Crippen LogP contribution < -0.4 is 10.4 Å². The third-order valence-corrected chi connectivity index (χ3v) is 6.94. The minimum absolute atomic E-state index is 0.480. The molecule has 162 valence electrons. The van der Waals surface area contributed by atoms with Crippen molar-refractivity contribution in [3.05, 3.63) is 30.3 Å². The average molecular weight is 411 g/mol. The second kappa shape index (κ2) is 16.2. The normalized spacial score (nSPS) is 13.7. The summed E-state index contributed by atoms with van der Waals surface area (Å²) in [5.74, 6) is 0. The smallest absolute Gasteiger partial charge is 0.297 e. The number of nitrogens with one attached hydrogen (secondary N) is 1. The van der Waals surface area contributed by atoms with Gasteiger partial charge in [0, 0.05) is 6.54 Å². The Morgan fingerprint density at radius 2 is 1.32 bits per heavy atom. The highest BCUT2D eigenvalue weighted by atomic mass is 31.2. The number of nitrogens with zero attached hydrogens (tertiary/aromatic N) is 1. The molecule has 0 spiro atoms. The van der Waals surface area contributed by atoms with E-state index in [1.165, 1.54) is 64.2 Å². The average Bonchev–Trinajstić information content (AvgIpc) is 2.69. The van der Waals surface area contributed by atoms with Gasteiger partial charge in [-0.05, 0) is 51.5 Å². The van der Waals surface area contributed by atoms with Crippen LogP contribution in [0.1, 0.15) is 84.0 Å².